The molecule has 1 N–H and O–H groups in total. The molecule has 0 bridgehead atoms. The summed E-state index contributed by atoms with van der Waals surface area (Å²) in [6.45, 7) is 2.88. The number of piperidine rings is 1. The molecule has 0 aromatic heterocycles. The van der Waals surface area contributed by atoms with Gasteiger partial charge in [-0.15, -0.1) is 0 Å². The first-order valence-electron chi connectivity index (χ1n) is 8.83. The molecule has 0 saturated carbocycles. The molecule has 1 saturated heterocycles. The van der Waals surface area contributed by atoms with Gasteiger partial charge in [0.05, 0.1) is 13.2 Å². The lowest BCUT2D eigenvalue weighted by Gasteiger charge is -2.33. The smallest absolute Gasteiger partial charge is 0.119 e. The zero-order valence-electron chi connectivity index (χ0n) is 14.4. The van der Waals surface area contributed by atoms with E-state index in [1.165, 1.54) is 18.4 Å². The molecule has 1 atom stereocenters. The maximum Gasteiger partial charge on any atom is 0.119 e. The van der Waals surface area contributed by atoms with E-state index in [1.807, 2.05) is 24.3 Å². The number of aliphatic hydroxyl groups is 1. The highest BCUT2D eigenvalue weighted by Gasteiger charge is 2.22. The summed E-state index contributed by atoms with van der Waals surface area (Å²) >= 11 is 0. The topological polar surface area (TPSA) is 32.7 Å². The number of hydrogen-bond acceptors (Lipinski definition) is 3. The quantitative estimate of drug-likeness (QED) is 0.882. The second-order valence-corrected chi connectivity index (χ2v) is 6.70. The summed E-state index contributed by atoms with van der Waals surface area (Å²) in [6.07, 6.45) is 2.70. The Morgan fingerprint density at radius 1 is 1.08 bits per heavy atom. The van der Waals surface area contributed by atoms with E-state index in [9.17, 15) is 5.11 Å². The van der Waals surface area contributed by atoms with Crippen LogP contribution in [0.5, 0.6) is 5.75 Å². The molecule has 0 amide bonds. The van der Waals surface area contributed by atoms with Gasteiger partial charge in [-0.05, 0) is 61.5 Å². The SMILES string of the molecule is COc1cccc(CC(O)CN2CCC(c3ccccc3)CC2)c1. The van der Waals surface area contributed by atoms with Gasteiger partial charge in [-0.25, -0.2) is 0 Å². The number of β-amino-alcohol motifs (C(OH)–C–C–N with tert-alkyl or cyclic N) is 1. The Balaban J connectivity index is 1.47. The van der Waals surface area contributed by atoms with Crippen LogP contribution in [0.3, 0.4) is 0 Å². The summed E-state index contributed by atoms with van der Waals surface area (Å²) < 4.78 is 5.25. The lowest BCUT2D eigenvalue weighted by Crippen LogP contribution is -2.39. The average Bonchev–Trinajstić information content (AvgIpc) is 2.63. The van der Waals surface area contributed by atoms with Crippen LogP contribution in [-0.2, 0) is 6.42 Å². The standard InChI is InChI=1S/C21H27NO2/c1-24-21-9-5-6-17(15-21)14-20(23)16-22-12-10-19(11-13-22)18-7-3-2-4-8-18/h2-9,15,19-20,23H,10-14,16H2,1H3. The van der Waals surface area contributed by atoms with Crippen molar-refractivity contribution < 1.29 is 9.84 Å². The molecule has 3 heteroatoms. The number of methoxy groups -OCH3 is 1. The molecule has 0 radical (unpaired) electrons. The van der Waals surface area contributed by atoms with E-state index in [0.717, 1.165) is 30.9 Å². The van der Waals surface area contributed by atoms with Crippen LogP contribution < -0.4 is 4.74 Å². The van der Waals surface area contributed by atoms with Crippen molar-refractivity contribution in [3.63, 3.8) is 0 Å². The van der Waals surface area contributed by atoms with Gasteiger partial charge in [-0.2, -0.15) is 0 Å². The van der Waals surface area contributed by atoms with Crippen LogP contribution in [0.4, 0.5) is 0 Å². The predicted octanol–water partition coefficient (Wildman–Crippen LogP) is 3.48. The summed E-state index contributed by atoms with van der Waals surface area (Å²) in [6, 6.07) is 18.8. The molecule has 2 aromatic carbocycles. The molecule has 2 aromatic rings. The normalized spacial score (nSPS) is 17.6. The van der Waals surface area contributed by atoms with Crippen molar-refractivity contribution in [2.75, 3.05) is 26.7 Å². The molecule has 1 unspecified atom stereocenters. The van der Waals surface area contributed by atoms with Gasteiger partial charge in [0.15, 0.2) is 0 Å². The van der Waals surface area contributed by atoms with Gasteiger partial charge in [0.1, 0.15) is 5.75 Å². The van der Waals surface area contributed by atoms with Crippen LogP contribution in [0.1, 0.15) is 29.9 Å². The molecule has 3 nitrogen and oxygen atoms in total. The van der Waals surface area contributed by atoms with Crippen molar-refractivity contribution in [1.82, 2.24) is 4.90 Å². The van der Waals surface area contributed by atoms with E-state index in [4.69, 9.17) is 4.74 Å². The highest BCUT2D eigenvalue weighted by atomic mass is 16.5. The van der Waals surface area contributed by atoms with Crippen LogP contribution in [0.25, 0.3) is 0 Å². The van der Waals surface area contributed by atoms with Gasteiger partial charge in [0.25, 0.3) is 0 Å². The van der Waals surface area contributed by atoms with Crippen molar-refractivity contribution in [2.24, 2.45) is 0 Å². The maximum absolute atomic E-state index is 10.4. The fraction of sp³-hybridized carbons (Fsp3) is 0.429. The third-order valence-corrected chi connectivity index (χ3v) is 4.93. The Kier molecular flexibility index (Phi) is 5.89. The van der Waals surface area contributed by atoms with E-state index in [1.54, 1.807) is 7.11 Å². The van der Waals surface area contributed by atoms with Gasteiger partial charge >= 0.3 is 0 Å². The van der Waals surface area contributed by atoms with Gasteiger partial charge in [-0.3, -0.25) is 0 Å². The average molecular weight is 325 g/mol. The zero-order chi connectivity index (χ0) is 16.8. The Hall–Kier alpha value is -1.84. The molecule has 24 heavy (non-hydrogen) atoms. The minimum Gasteiger partial charge on any atom is -0.497 e. The van der Waals surface area contributed by atoms with Crippen LogP contribution in [-0.4, -0.2) is 42.9 Å². The van der Waals surface area contributed by atoms with Crippen LogP contribution in [0.15, 0.2) is 54.6 Å². The minimum absolute atomic E-state index is 0.328. The lowest BCUT2D eigenvalue weighted by molar-refractivity contribution is 0.0971. The lowest BCUT2D eigenvalue weighted by atomic mass is 9.89. The number of benzene rings is 2. The first kappa shape index (κ1) is 17.0. The molecular formula is C21H27NO2. The van der Waals surface area contributed by atoms with Crippen molar-refractivity contribution in [1.29, 1.82) is 0 Å². The molecule has 1 aliphatic rings. The van der Waals surface area contributed by atoms with Crippen LogP contribution >= 0.6 is 0 Å². The summed E-state index contributed by atoms with van der Waals surface area (Å²) in [4.78, 5) is 2.39. The summed E-state index contributed by atoms with van der Waals surface area (Å²) in [5, 5.41) is 10.4. The van der Waals surface area contributed by atoms with E-state index >= 15 is 0 Å². The van der Waals surface area contributed by atoms with Crippen molar-refractivity contribution in [3.05, 3.63) is 65.7 Å². The molecule has 0 spiro atoms. The number of hydrogen-bond donors (Lipinski definition) is 1. The molecule has 0 aliphatic carbocycles. The summed E-state index contributed by atoms with van der Waals surface area (Å²) in [5.41, 5.74) is 2.58. The van der Waals surface area contributed by atoms with Gasteiger partial charge in [-0.1, -0.05) is 42.5 Å². The maximum atomic E-state index is 10.4. The van der Waals surface area contributed by atoms with Crippen LogP contribution in [0.2, 0.25) is 0 Å². The van der Waals surface area contributed by atoms with Crippen LogP contribution in [0, 0.1) is 0 Å². The summed E-state index contributed by atoms with van der Waals surface area (Å²) in [5.74, 6) is 1.52. The molecule has 1 aliphatic heterocycles. The molecule has 1 heterocycles. The molecule has 3 rings (SSSR count). The molecular weight excluding hydrogens is 298 g/mol. The second kappa shape index (κ2) is 8.32. The van der Waals surface area contributed by atoms with E-state index < -0.39 is 0 Å². The predicted molar refractivity (Wildman–Crippen MR) is 97.6 cm³/mol. The Morgan fingerprint density at radius 2 is 1.83 bits per heavy atom. The molecule has 128 valence electrons. The van der Waals surface area contributed by atoms with Gasteiger partial charge in [0.2, 0.25) is 0 Å². The summed E-state index contributed by atoms with van der Waals surface area (Å²) in [7, 11) is 1.67. The monoisotopic (exact) mass is 325 g/mol. The number of likely N-dealkylation sites (tertiary alicyclic amines) is 1. The number of rotatable bonds is 6. The highest BCUT2D eigenvalue weighted by Crippen LogP contribution is 2.27. The van der Waals surface area contributed by atoms with Gasteiger partial charge < -0.3 is 14.7 Å². The third kappa shape index (κ3) is 4.59. The Morgan fingerprint density at radius 3 is 2.54 bits per heavy atom. The minimum atomic E-state index is -0.328. The highest BCUT2D eigenvalue weighted by molar-refractivity contribution is 5.28. The van der Waals surface area contributed by atoms with E-state index in [2.05, 4.69) is 35.2 Å². The third-order valence-electron chi connectivity index (χ3n) is 4.93. The first-order chi connectivity index (χ1) is 11.7. The molecule has 1 fully saturated rings. The van der Waals surface area contributed by atoms with Crippen molar-refractivity contribution in [3.8, 4) is 5.75 Å². The fourth-order valence-corrected chi connectivity index (χ4v) is 3.61. The first-order valence-corrected chi connectivity index (χ1v) is 8.83. The van der Waals surface area contributed by atoms with E-state index in [-0.39, 0.29) is 6.10 Å². The zero-order valence-corrected chi connectivity index (χ0v) is 14.4. The Bertz CT molecular complexity index is 621. The van der Waals surface area contributed by atoms with Crippen molar-refractivity contribution in [2.45, 2.75) is 31.3 Å². The second-order valence-electron chi connectivity index (χ2n) is 6.70. The fourth-order valence-electron chi connectivity index (χ4n) is 3.61. The Labute approximate surface area is 144 Å². The number of ether oxygens (including phenoxy) is 1. The number of nitrogens with zero attached hydrogens (tertiary/aromatic N) is 1. The van der Waals surface area contributed by atoms with Crippen molar-refractivity contribution >= 4 is 0 Å². The van der Waals surface area contributed by atoms with Gasteiger partial charge in [0, 0.05) is 6.54 Å². The largest absolute Gasteiger partial charge is 0.497 e. The van der Waals surface area contributed by atoms with E-state index in [0.29, 0.717) is 12.3 Å². The number of aliphatic hydroxyl groups excluding tert-OH is 1.